The highest BCUT2D eigenvalue weighted by molar-refractivity contribution is 5.88. The van der Waals surface area contributed by atoms with E-state index in [2.05, 4.69) is 4.98 Å². The van der Waals surface area contributed by atoms with Crippen LogP contribution < -0.4 is 0 Å². The van der Waals surface area contributed by atoms with E-state index in [4.69, 9.17) is 4.74 Å². The molecule has 18 heavy (non-hydrogen) atoms. The Kier molecular flexibility index (Phi) is 3.64. The molecule has 0 bridgehead atoms. The van der Waals surface area contributed by atoms with Gasteiger partial charge in [-0.15, -0.1) is 0 Å². The lowest BCUT2D eigenvalue weighted by atomic mass is 10.1. The number of nitro groups is 1. The molecule has 0 N–H and O–H groups in total. The maximum absolute atomic E-state index is 10.8. The summed E-state index contributed by atoms with van der Waals surface area (Å²) in [5.74, 6) is -0.147. The van der Waals surface area contributed by atoms with Gasteiger partial charge in [-0.25, -0.2) is 0 Å². The number of aromatic nitrogens is 1. The molecule has 92 valence electrons. The van der Waals surface area contributed by atoms with Crippen LogP contribution in [0.15, 0.2) is 36.4 Å². The van der Waals surface area contributed by atoms with Gasteiger partial charge >= 0.3 is 5.82 Å². The average molecular weight is 244 g/mol. The molecule has 0 aliphatic carbocycles. The molecule has 0 aliphatic heterocycles. The van der Waals surface area contributed by atoms with Crippen molar-refractivity contribution in [2.24, 2.45) is 0 Å². The third-order valence-electron chi connectivity index (χ3n) is 2.48. The number of para-hydroxylation sites is 1. The van der Waals surface area contributed by atoms with Crippen molar-refractivity contribution in [3.05, 3.63) is 52.1 Å². The minimum Gasteiger partial charge on any atom is -0.381 e. The Hall–Kier alpha value is -2.27. The zero-order chi connectivity index (χ0) is 13.0. The molecule has 0 saturated carbocycles. The van der Waals surface area contributed by atoms with Gasteiger partial charge in [0.25, 0.3) is 0 Å². The molecule has 0 unspecified atom stereocenters. The van der Waals surface area contributed by atoms with Crippen LogP contribution in [-0.4, -0.2) is 23.6 Å². The highest BCUT2D eigenvalue weighted by Gasteiger charge is 2.12. The van der Waals surface area contributed by atoms with Crippen LogP contribution in [0, 0.1) is 10.1 Å². The Morgan fingerprint density at radius 1 is 1.44 bits per heavy atom. The predicted octanol–water partition coefficient (Wildman–Crippen LogP) is 2.80. The second kappa shape index (κ2) is 5.37. The van der Waals surface area contributed by atoms with Crippen LogP contribution in [0.3, 0.4) is 0 Å². The number of pyridine rings is 1. The highest BCUT2D eigenvalue weighted by Crippen LogP contribution is 2.22. The number of benzene rings is 1. The van der Waals surface area contributed by atoms with Gasteiger partial charge in [-0.2, -0.15) is 0 Å². The molecule has 1 aromatic heterocycles. The summed E-state index contributed by atoms with van der Waals surface area (Å²) in [6.45, 7) is 0.463. The predicted molar refractivity (Wildman–Crippen MR) is 69.3 cm³/mol. The summed E-state index contributed by atoms with van der Waals surface area (Å²) in [7, 11) is 1.59. The van der Waals surface area contributed by atoms with E-state index in [0.29, 0.717) is 12.1 Å². The van der Waals surface area contributed by atoms with E-state index in [-0.39, 0.29) is 5.82 Å². The van der Waals surface area contributed by atoms with Crippen LogP contribution in [0.25, 0.3) is 17.0 Å². The maximum Gasteiger partial charge on any atom is 0.364 e. The van der Waals surface area contributed by atoms with E-state index in [9.17, 15) is 10.1 Å². The van der Waals surface area contributed by atoms with Gasteiger partial charge in [-0.3, -0.25) is 0 Å². The van der Waals surface area contributed by atoms with Gasteiger partial charge in [0.1, 0.15) is 0 Å². The SMILES string of the molecule is COC/C=C/c1cc([N+](=O)[O-])nc2ccccc12. The smallest absolute Gasteiger partial charge is 0.364 e. The zero-order valence-electron chi connectivity index (χ0n) is 9.87. The second-order valence-electron chi connectivity index (χ2n) is 3.70. The van der Waals surface area contributed by atoms with Crippen molar-refractivity contribution in [2.45, 2.75) is 0 Å². The van der Waals surface area contributed by atoms with Gasteiger partial charge in [0.05, 0.1) is 6.61 Å². The second-order valence-corrected chi connectivity index (χ2v) is 3.70. The van der Waals surface area contributed by atoms with Crippen LogP contribution in [0.1, 0.15) is 5.56 Å². The zero-order valence-corrected chi connectivity index (χ0v) is 9.87. The van der Waals surface area contributed by atoms with E-state index in [1.165, 1.54) is 6.07 Å². The normalized spacial score (nSPS) is 11.2. The fourth-order valence-electron chi connectivity index (χ4n) is 1.69. The Balaban J connectivity index is 2.57. The number of fused-ring (bicyclic) bond motifs is 1. The summed E-state index contributed by atoms with van der Waals surface area (Å²) < 4.78 is 4.92. The Bertz CT molecular complexity index is 608. The number of rotatable bonds is 4. The van der Waals surface area contributed by atoms with Crippen LogP contribution >= 0.6 is 0 Å². The summed E-state index contributed by atoms with van der Waals surface area (Å²) in [5, 5.41) is 11.7. The van der Waals surface area contributed by atoms with Crippen molar-refractivity contribution in [1.82, 2.24) is 4.98 Å². The molecule has 5 nitrogen and oxygen atoms in total. The molecule has 1 heterocycles. The summed E-state index contributed by atoms with van der Waals surface area (Å²) in [6, 6.07) is 8.80. The Morgan fingerprint density at radius 3 is 2.94 bits per heavy atom. The summed E-state index contributed by atoms with van der Waals surface area (Å²) in [5.41, 5.74) is 1.38. The third kappa shape index (κ3) is 2.52. The third-order valence-corrected chi connectivity index (χ3v) is 2.48. The van der Waals surface area contributed by atoms with Crippen molar-refractivity contribution >= 4 is 22.8 Å². The van der Waals surface area contributed by atoms with Gasteiger partial charge < -0.3 is 14.9 Å². The first-order valence-electron chi connectivity index (χ1n) is 5.42. The van der Waals surface area contributed by atoms with Crippen molar-refractivity contribution in [3.63, 3.8) is 0 Å². The van der Waals surface area contributed by atoms with E-state index in [1.807, 2.05) is 24.3 Å². The molecule has 5 heteroatoms. The van der Waals surface area contributed by atoms with Crippen molar-refractivity contribution < 1.29 is 9.66 Å². The molecule has 1 aromatic carbocycles. The van der Waals surface area contributed by atoms with Crippen LogP contribution in [0.2, 0.25) is 0 Å². The lowest BCUT2D eigenvalue weighted by molar-refractivity contribution is -0.389. The van der Waals surface area contributed by atoms with Crippen LogP contribution in [0.5, 0.6) is 0 Å². The van der Waals surface area contributed by atoms with Gasteiger partial charge in [0.15, 0.2) is 5.52 Å². The van der Waals surface area contributed by atoms with Crippen molar-refractivity contribution in [1.29, 1.82) is 0 Å². The van der Waals surface area contributed by atoms with Gasteiger partial charge in [0, 0.05) is 18.6 Å². The number of methoxy groups -OCH3 is 1. The standard InChI is InChI=1S/C13H12N2O3/c1-18-8-4-5-10-9-13(15(16)17)14-12-7-3-2-6-11(10)12/h2-7,9H,8H2,1H3/b5-4+. The van der Waals surface area contributed by atoms with E-state index in [1.54, 1.807) is 19.3 Å². The van der Waals surface area contributed by atoms with Gasteiger partial charge in [-0.05, 0) is 27.6 Å². The molecule has 0 spiro atoms. The van der Waals surface area contributed by atoms with E-state index < -0.39 is 4.92 Å². The van der Waals surface area contributed by atoms with E-state index >= 15 is 0 Å². The fourth-order valence-corrected chi connectivity index (χ4v) is 1.69. The lowest BCUT2D eigenvalue weighted by Gasteiger charge is -2.00. The first-order chi connectivity index (χ1) is 8.72. The number of ether oxygens (including phenoxy) is 1. The highest BCUT2D eigenvalue weighted by atomic mass is 16.6. The van der Waals surface area contributed by atoms with Gasteiger partial charge in [-0.1, -0.05) is 24.3 Å². The topological polar surface area (TPSA) is 65.3 Å². The monoisotopic (exact) mass is 244 g/mol. The molecule has 0 fully saturated rings. The fraction of sp³-hybridized carbons (Fsp3) is 0.154. The molecule has 0 atom stereocenters. The lowest BCUT2D eigenvalue weighted by Crippen LogP contribution is -1.94. The first-order valence-corrected chi connectivity index (χ1v) is 5.42. The molecular formula is C13H12N2O3. The summed E-state index contributed by atoms with van der Waals surface area (Å²) >= 11 is 0. The van der Waals surface area contributed by atoms with Gasteiger partial charge in [0.2, 0.25) is 0 Å². The maximum atomic E-state index is 10.8. The molecule has 0 radical (unpaired) electrons. The van der Waals surface area contributed by atoms with Crippen molar-refractivity contribution in [2.75, 3.05) is 13.7 Å². The summed E-state index contributed by atoms with van der Waals surface area (Å²) in [4.78, 5) is 14.3. The molecule has 0 saturated heterocycles. The Labute approximate surface area is 104 Å². The molecule has 0 aliphatic rings. The van der Waals surface area contributed by atoms with Crippen LogP contribution in [-0.2, 0) is 4.74 Å². The quantitative estimate of drug-likeness (QED) is 0.612. The molecule has 0 amide bonds. The molecule has 2 rings (SSSR count). The number of hydrogen-bond acceptors (Lipinski definition) is 4. The average Bonchev–Trinajstić information content (AvgIpc) is 2.38. The van der Waals surface area contributed by atoms with Crippen molar-refractivity contribution in [3.8, 4) is 0 Å². The minimum absolute atomic E-state index is 0.147. The molecule has 2 aromatic rings. The summed E-state index contributed by atoms with van der Waals surface area (Å²) in [6.07, 6.45) is 3.62. The Morgan fingerprint density at radius 2 is 2.22 bits per heavy atom. The van der Waals surface area contributed by atoms with Crippen LogP contribution in [0.4, 0.5) is 5.82 Å². The number of nitrogens with zero attached hydrogens (tertiary/aromatic N) is 2. The first kappa shape index (κ1) is 12.2. The van der Waals surface area contributed by atoms with E-state index in [0.717, 1.165) is 10.9 Å². The molecular weight excluding hydrogens is 232 g/mol. The number of hydrogen-bond donors (Lipinski definition) is 0. The largest absolute Gasteiger partial charge is 0.381 e. The minimum atomic E-state index is -0.486.